The first-order chi connectivity index (χ1) is 10.5. The van der Waals surface area contributed by atoms with E-state index in [0.29, 0.717) is 42.2 Å². The molecule has 2 heterocycles. The van der Waals surface area contributed by atoms with Gasteiger partial charge < -0.3 is 9.32 Å². The lowest BCUT2D eigenvalue weighted by atomic mass is 9.99. The lowest BCUT2D eigenvalue weighted by Gasteiger charge is -2.28. The van der Waals surface area contributed by atoms with Crippen molar-refractivity contribution in [1.82, 2.24) is 4.98 Å². The van der Waals surface area contributed by atoms with Crippen molar-refractivity contribution in [2.75, 3.05) is 11.4 Å². The molecular formula is C15H15N3O4. The first-order valence-corrected chi connectivity index (χ1v) is 7.01. The Labute approximate surface area is 126 Å². The lowest BCUT2D eigenvalue weighted by Crippen LogP contribution is -2.35. The summed E-state index contributed by atoms with van der Waals surface area (Å²) < 4.78 is 5.39. The van der Waals surface area contributed by atoms with Crippen LogP contribution in [0.4, 0.5) is 11.4 Å². The van der Waals surface area contributed by atoms with Gasteiger partial charge in [-0.25, -0.2) is 4.98 Å². The third kappa shape index (κ3) is 2.24. The number of nitro groups is 1. The number of rotatable bonds is 2. The highest BCUT2D eigenvalue weighted by atomic mass is 16.6. The maximum Gasteiger partial charge on any atom is 0.295 e. The zero-order valence-corrected chi connectivity index (χ0v) is 12.3. The topological polar surface area (TPSA) is 89.5 Å². The number of benzene rings is 1. The second-order valence-electron chi connectivity index (χ2n) is 5.24. The normalized spacial score (nSPS) is 13.8. The molecule has 0 aliphatic carbocycles. The molecule has 22 heavy (non-hydrogen) atoms. The number of carbonyl (C=O) groups excluding carboxylic acids is 1. The smallest absolute Gasteiger partial charge is 0.295 e. The maximum absolute atomic E-state index is 12.7. The van der Waals surface area contributed by atoms with Crippen molar-refractivity contribution in [3.8, 4) is 0 Å². The van der Waals surface area contributed by atoms with Gasteiger partial charge in [0.15, 0.2) is 5.89 Å². The SMILES string of the molecule is Cc1nc(C)c(C(=O)N2CCCc3c2cccc3[N+](=O)[O-])o1. The summed E-state index contributed by atoms with van der Waals surface area (Å²) in [4.78, 5) is 29.1. The van der Waals surface area contributed by atoms with Gasteiger partial charge in [-0.3, -0.25) is 14.9 Å². The largest absolute Gasteiger partial charge is 0.436 e. The number of carbonyl (C=O) groups is 1. The second-order valence-corrected chi connectivity index (χ2v) is 5.24. The molecule has 1 aromatic carbocycles. The molecule has 2 aromatic rings. The van der Waals surface area contributed by atoms with Gasteiger partial charge in [0.2, 0.25) is 5.76 Å². The van der Waals surface area contributed by atoms with Gasteiger partial charge in [-0.2, -0.15) is 0 Å². The number of aromatic nitrogens is 1. The van der Waals surface area contributed by atoms with Gasteiger partial charge in [-0.05, 0) is 25.8 Å². The number of anilines is 1. The fourth-order valence-electron chi connectivity index (χ4n) is 2.84. The zero-order chi connectivity index (χ0) is 15.9. The Morgan fingerprint density at radius 2 is 2.18 bits per heavy atom. The molecule has 0 atom stereocenters. The average Bonchev–Trinajstić information content (AvgIpc) is 2.83. The maximum atomic E-state index is 12.7. The molecule has 0 saturated carbocycles. The standard InChI is InChI=1S/C15H15N3O4/c1-9-14(22-10(2)16-9)15(19)17-8-4-5-11-12(17)6-3-7-13(11)18(20)21/h3,6-7H,4-5,8H2,1-2H3. The van der Waals surface area contributed by atoms with Crippen molar-refractivity contribution < 1.29 is 14.1 Å². The Hall–Kier alpha value is -2.70. The van der Waals surface area contributed by atoms with Crippen LogP contribution in [0.1, 0.15) is 34.1 Å². The molecule has 7 nitrogen and oxygen atoms in total. The molecule has 0 radical (unpaired) electrons. The fourth-order valence-corrected chi connectivity index (χ4v) is 2.84. The predicted molar refractivity (Wildman–Crippen MR) is 79.1 cm³/mol. The molecule has 1 aromatic heterocycles. The van der Waals surface area contributed by atoms with Crippen LogP contribution in [0.15, 0.2) is 22.6 Å². The number of nitro benzene ring substituents is 1. The average molecular weight is 301 g/mol. The van der Waals surface area contributed by atoms with Gasteiger partial charge in [-0.15, -0.1) is 0 Å². The van der Waals surface area contributed by atoms with Crippen molar-refractivity contribution in [2.45, 2.75) is 26.7 Å². The van der Waals surface area contributed by atoms with Crippen LogP contribution in [0.5, 0.6) is 0 Å². The summed E-state index contributed by atoms with van der Waals surface area (Å²) in [6, 6.07) is 4.80. The molecule has 0 fully saturated rings. The van der Waals surface area contributed by atoms with E-state index < -0.39 is 4.92 Å². The van der Waals surface area contributed by atoms with E-state index in [2.05, 4.69) is 4.98 Å². The molecule has 0 bridgehead atoms. The molecule has 1 aliphatic rings. The van der Waals surface area contributed by atoms with Crippen LogP contribution < -0.4 is 4.90 Å². The summed E-state index contributed by atoms with van der Waals surface area (Å²) in [5.41, 5.74) is 1.76. The van der Waals surface area contributed by atoms with E-state index in [0.717, 1.165) is 0 Å². The van der Waals surface area contributed by atoms with Crippen molar-refractivity contribution >= 4 is 17.3 Å². The summed E-state index contributed by atoms with van der Waals surface area (Å²) in [6.07, 6.45) is 1.26. The number of nitrogens with zero attached hydrogens (tertiary/aromatic N) is 3. The van der Waals surface area contributed by atoms with Crippen LogP contribution in [0.2, 0.25) is 0 Å². The van der Waals surface area contributed by atoms with Crippen LogP contribution in [0.3, 0.4) is 0 Å². The molecule has 0 spiro atoms. The van der Waals surface area contributed by atoms with E-state index in [4.69, 9.17) is 4.42 Å². The van der Waals surface area contributed by atoms with E-state index in [1.165, 1.54) is 6.07 Å². The highest BCUT2D eigenvalue weighted by Crippen LogP contribution is 2.35. The first kappa shape index (κ1) is 14.2. The fraction of sp³-hybridized carbons (Fsp3) is 0.333. The first-order valence-electron chi connectivity index (χ1n) is 7.01. The Kier molecular flexibility index (Phi) is 3.40. The third-order valence-corrected chi connectivity index (χ3v) is 3.77. The zero-order valence-electron chi connectivity index (χ0n) is 12.3. The van der Waals surface area contributed by atoms with Gasteiger partial charge >= 0.3 is 0 Å². The van der Waals surface area contributed by atoms with E-state index in [9.17, 15) is 14.9 Å². The summed E-state index contributed by atoms with van der Waals surface area (Å²) in [5, 5.41) is 11.2. The molecule has 114 valence electrons. The van der Waals surface area contributed by atoms with E-state index in [1.54, 1.807) is 30.9 Å². The molecule has 0 saturated heterocycles. The van der Waals surface area contributed by atoms with Gasteiger partial charge in [0.05, 0.1) is 21.9 Å². The van der Waals surface area contributed by atoms with Crippen molar-refractivity contribution in [3.05, 3.63) is 51.2 Å². The van der Waals surface area contributed by atoms with Gasteiger partial charge in [0.1, 0.15) is 0 Å². The molecule has 0 N–H and O–H groups in total. The number of fused-ring (bicyclic) bond motifs is 1. The summed E-state index contributed by atoms with van der Waals surface area (Å²) >= 11 is 0. The summed E-state index contributed by atoms with van der Waals surface area (Å²) in [7, 11) is 0. The van der Waals surface area contributed by atoms with Crippen LogP contribution >= 0.6 is 0 Å². The molecular weight excluding hydrogens is 286 g/mol. The van der Waals surface area contributed by atoms with Crippen molar-refractivity contribution in [3.63, 3.8) is 0 Å². The third-order valence-electron chi connectivity index (χ3n) is 3.77. The molecule has 1 amide bonds. The van der Waals surface area contributed by atoms with Crippen molar-refractivity contribution in [2.24, 2.45) is 0 Å². The molecule has 7 heteroatoms. The number of hydrogen-bond acceptors (Lipinski definition) is 5. The van der Waals surface area contributed by atoms with Crippen LogP contribution in [-0.2, 0) is 6.42 Å². The number of hydrogen-bond donors (Lipinski definition) is 0. The molecule has 1 aliphatic heterocycles. The number of amides is 1. The molecule has 3 rings (SSSR count). The van der Waals surface area contributed by atoms with E-state index in [-0.39, 0.29) is 17.4 Å². The minimum atomic E-state index is -0.406. The van der Waals surface area contributed by atoms with Crippen molar-refractivity contribution in [1.29, 1.82) is 0 Å². The monoisotopic (exact) mass is 301 g/mol. The minimum absolute atomic E-state index is 0.0560. The van der Waals surface area contributed by atoms with Crippen LogP contribution in [0.25, 0.3) is 0 Å². The van der Waals surface area contributed by atoms with Gasteiger partial charge in [0.25, 0.3) is 11.6 Å². The number of aryl methyl sites for hydroxylation is 2. The van der Waals surface area contributed by atoms with Gasteiger partial charge in [-0.1, -0.05) is 6.07 Å². The Morgan fingerprint density at radius 3 is 2.82 bits per heavy atom. The van der Waals surface area contributed by atoms with E-state index >= 15 is 0 Å². The highest BCUT2D eigenvalue weighted by Gasteiger charge is 2.31. The predicted octanol–water partition coefficient (Wildman–Crippen LogP) is 2.79. The highest BCUT2D eigenvalue weighted by molar-refractivity contribution is 6.05. The van der Waals surface area contributed by atoms with Gasteiger partial charge in [0, 0.05) is 19.5 Å². The van der Waals surface area contributed by atoms with Crippen LogP contribution in [-0.4, -0.2) is 22.4 Å². The summed E-state index contributed by atoms with van der Waals surface area (Å²) in [6.45, 7) is 3.90. The summed E-state index contributed by atoms with van der Waals surface area (Å²) in [5.74, 6) is 0.313. The molecule has 0 unspecified atom stereocenters. The lowest BCUT2D eigenvalue weighted by molar-refractivity contribution is -0.385. The second kappa shape index (κ2) is 5.25. The van der Waals surface area contributed by atoms with E-state index in [1.807, 2.05) is 0 Å². The minimum Gasteiger partial charge on any atom is -0.436 e. The Bertz CT molecular complexity index is 766. The number of oxazole rings is 1. The Morgan fingerprint density at radius 1 is 1.41 bits per heavy atom. The van der Waals surface area contributed by atoms with Crippen LogP contribution in [0, 0.1) is 24.0 Å². The Balaban J connectivity index is 2.05. The quantitative estimate of drug-likeness (QED) is 0.628.